The summed E-state index contributed by atoms with van der Waals surface area (Å²) in [5.74, 6) is 0.756. The minimum absolute atomic E-state index is 0.109. The van der Waals surface area contributed by atoms with Crippen molar-refractivity contribution in [1.29, 1.82) is 0 Å². The van der Waals surface area contributed by atoms with Gasteiger partial charge in [-0.3, -0.25) is 9.59 Å². The maximum Gasteiger partial charge on any atom is 0.227 e. The van der Waals surface area contributed by atoms with Crippen molar-refractivity contribution in [3.05, 3.63) is 35.4 Å². The summed E-state index contributed by atoms with van der Waals surface area (Å²) in [6.07, 6.45) is 5.15. The molecule has 2 heterocycles. The fraction of sp³-hybridized carbons (Fsp3) is 0.652. The summed E-state index contributed by atoms with van der Waals surface area (Å²) in [6.45, 7) is 5.99. The molecule has 1 aliphatic carbocycles. The van der Waals surface area contributed by atoms with Gasteiger partial charge in [0.1, 0.15) is 0 Å². The van der Waals surface area contributed by atoms with E-state index in [9.17, 15) is 9.59 Å². The maximum atomic E-state index is 13.2. The Morgan fingerprint density at radius 1 is 0.964 bits per heavy atom. The smallest absolute Gasteiger partial charge is 0.227 e. The van der Waals surface area contributed by atoms with Crippen LogP contribution in [-0.2, 0) is 14.3 Å². The molecule has 2 unspecified atom stereocenters. The summed E-state index contributed by atoms with van der Waals surface area (Å²) in [5.41, 5.74) is 2.48. The zero-order valence-electron chi connectivity index (χ0n) is 16.9. The zero-order valence-corrected chi connectivity index (χ0v) is 16.9. The number of carbonyl (C=O) groups excluding carboxylic acids is 2. The number of benzene rings is 1. The van der Waals surface area contributed by atoms with E-state index in [1.165, 1.54) is 11.1 Å². The van der Waals surface area contributed by atoms with Gasteiger partial charge in [-0.2, -0.15) is 0 Å². The Hall–Kier alpha value is -1.88. The molecule has 0 radical (unpaired) electrons. The quantitative estimate of drug-likeness (QED) is 0.805. The highest BCUT2D eigenvalue weighted by Gasteiger charge is 2.38. The Kier molecular flexibility index (Phi) is 6.00. The van der Waals surface area contributed by atoms with Crippen molar-refractivity contribution in [2.45, 2.75) is 44.9 Å². The Balaban J connectivity index is 1.54. The lowest BCUT2D eigenvalue weighted by Crippen LogP contribution is -2.52. The number of aryl methyl sites for hydroxylation is 1. The first-order chi connectivity index (χ1) is 13.6. The van der Waals surface area contributed by atoms with Crippen LogP contribution in [0.4, 0.5) is 0 Å². The van der Waals surface area contributed by atoms with Crippen LogP contribution < -0.4 is 0 Å². The van der Waals surface area contributed by atoms with Gasteiger partial charge < -0.3 is 14.5 Å². The monoisotopic (exact) mass is 384 g/mol. The molecule has 4 rings (SSSR count). The molecule has 0 spiro atoms. The molecule has 1 aromatic carbocycles. The molecule has 1 aromatic rings. The summed E-state index contributed by atoms with van der Waals surface area (Å²) >= 11 is 0. The van der Waals surface area contributed by atoms with Gasteiger partial charge in [0.25, 0.3) is 0 Å². The number of ether oxygens (including phenoxy) is 1. The average molecular weight is 385 g/mol. The lowest BCUT2D eigenvalue weighted by atomic mass is 9.82. The molecule has 2 atom stereocenters. The third-order valence-corrected chi connectivity index (χ3v) is 6.65. The van der Waals surface area contributed by atoms with Crippen LogP contribution in [0.1, 0.15) is 49.1 Å². The second kappa shape index (κ2) is 8.64. The van der Waals surface area contributed by atoms with Gasteiger partial charge in [0.15, 0.2) is 0 Å². The maximum absolute atomic E-state index is 13.2. The third kappa shape index (κ3) is 4.24. The second-order valence-corrected chi connectivity index (χ2v) is 8.71. The summed E-state index contributed by atoms with van der Waals surface area (Å²) in [7, 11) is 0. The standard InChI is InChI=1S/C23H32N2O3/c1-17-5-4-8-19(13-17)20-14-21(23(27)24-9-11-28-12-10-24)16-25(15-20)22(26)18-6-2-3-7-18/h4-5,8,13,18,20-21H,2-3,6-7,9-12,14-16H2,1H3. The number of rotatable bonds is 3. The lowest BCUT2D eigenvalue weighted by Gasteiger charge is -2.40. The van der Waals surface area contributed by atoms with E-state index >= 15 is 0 Å². The van der Waals surface area contributed by atoms with Crippen LogP contribution in [0, 0.1) is 18.8 Å². The predicted molar refractivity (Wildman–Crippen MR) is 108 cm³/mol. The number of hydrogen-bond acceptors (Lipinski definition) is 3. The largest absolute Gasteiger partial charge is 0.378 e. The van der Waals surface area contributed by atoms with Crippen molar-refractivity contribution < 1.29 is 14.3 Å². The van der Waals surface area contributed by atoms with E-state index in [4.69, 9.17) is 4.74 Å². The van der Waals surface area contributed by atoms with E-state index in [1.807, 2.05) is 9.80 Å². The molecular weight excluding hydrogens is 352 g/mol. The number of morpholine rings is 1. The van der Waals surface area contributed by atoms with Crippen molar-refractivity contribution in [3.63, 3.8) is 0 Å². The van der Waals surface area contributed by atoms with Crippen molar-refractivity contribution in [2.75, 3.05) is 39.4 Å². The van der Waals surface area contributed by atoms with Gasteiger partial charge in [-0.25, -0.2) is 0 Å². The number of piperidine rings is 1. The average Bonchev–Trinajstić information content (AvgIpc) is 3.28. The molecule has 5 heteroatoms. The van der Waals surface area contributed by atoms with Gasteiger partial charge in [-0.05, 0) is 31.7 Å². The minimum Gasteiger partial charge on any atom is -0.378 e. The topological polar surface area (TPSA) is 49.9 Å². The molecule has 28 heavy (non-hydrogen) atoms. The minimum atomic E-state index is -0.109. The van der Waals surface area contributed by atoms with E-state index in [0.717, 1.165) is 38.6 Å². The molecule has 2 aliphatic heterocycles. The molecule has 1 saturated carbocycles. The molecule has 0 aromatic heterocycles. The molecule has 3 fully saturated rings. The number of hydrogen-bond donors (Lipinski definition) is 0. The summed E-state index contributed by atoms with van der Waals surface area (Å²) < 4.78 is 5.41. The van der Waals surface area contributed by atoms with Crippen LogP contribution in [0.3, 0.4) is 0 Å². The Morgan fingerprint density at radius 3 is 2.39 bits per heavy atom. The molecule has 0 bridgehead atoms. The molecule has 5 nitrogen and oxygen atoms in total. The van der Waals surface area contributed by atoms with Gasteiger partial charge in [0.05, 0.1) is 19.1 Å². The first-order valence-electron chi connectivity index (χ1n) is 10.8. The summed E-state index contributed by atoms with van der Waals surface area (Å²) in [5, 5.41) is 0. The van der Waals surface area contributed by atoms with Gasteiger partial charge in [0.2, 0.25) is 11.8 Å². The normalized spacial score (nSPS) is 26.5. The highest BCUT2D eigenvalue weighted by molar-refractivity contribution is 5.83. The molecule has 3 aliphatic rings. The van der Waals surface area contributed by atoms with Crippen LogP contribution in [0.2, 0.25) is 0 Å². The summed E-state index contributed by atoms with van der Waals surface area (Å²) in [4.78, 5) is 30.3. The van der Waals surface area contributed by atoms with Crippen LogP contribution in [0.5, 0.6) is 0 Å². The number of amides is 2. The fourth-order valence-electron chi connectivity index (χ4n) is 5.10. The highest BCUT2D eigenvalue weighted by Crippen LogP contribution is 2.34. The second-order valence-electron chi connectivity index (χ2n) is 8.71. The first-order valence-corrected chi connectivity index (χ1v) is 10.8. The van der Waals surface area contributed by atoms with Gasteiger partial charge in [-0.15, -0.1) is 0 Å². The number of carbonyl (C=O) groups is 2. The summed E-state index contributed by atoms with van der Waals surface area (Å²) in [6, 6.07) is 8.55. The molecule has 0 N–H and O–H groups in total. The fourth-order valence-corrected chi connectivity index (χ4v) is 5.10. The third-order valence-electron chi connectivity index (χ3n) is 6.65. The van der Waals surface area contributed by atoms with E-state index in [1.54, 1.807) is 0 Å². The van der Waals surface area contributed by atoms with Gasteiger partial charge >= 0.3 is 0 Å². The van der Waals surface area contributed by atoms with Gasteiger partial charge in [-0.1, -0.05) is 42.7 Å². The van der Waals surface area contributed by atoms with Crippen LogP contribution in [0.25, 0.3) is 0 Å². The highest BCUT2D eigenvalue weighted by atomic mass is 16.5. The van der Waals surface area contributed by atoms with E-state index in [2.05, 4.69) is 31.2 Å². The van der Waals surface area contributed by atoms with E-state index in [-0.39, 0.29) is 29.6 Å². The molecule has 2 amide bonds. The molecule has 2 saturated heterocycles. The predicted octanol–water partition coefficient (Wildman–Crippen LogP) is 2.98. The van der Waals surface area contributed by atoms with E-state index < -0.39 is 0 Å². The van der Waals surface area contributed by atoms with Crippen LogP contribution in [-0.4, -0.2) is 61.0 Å². The van der Waals surface area contributed by atoms with Crippen molar-refractivity contribution >= 4 is 11.8 Å². The zero-order chi connectivity index (χ0) is 19.5. The van der Waals surface area contributed by atoms with Crippen LogP contribution in [0.15, 0.2) is 24.3 Å². The Morgan fingerprint density at radius 2 is 1.68 bits per heavy atom. The van der Waals surface area contributed by atoms with Crippen LogP contribution >= 0.6 is 0 Å². The molecular formula is C23H32N2O3. The van der Waals surface area contributed by atoms with Crippen molar-refractivity contribution in [1.82, 2.24) is 9.80 Å². The Labute approximate surface area is 168 Å². The Bertz CT molecular complexity index is 708. The van der Waals surface area contributed by atoms with Crippen molar-refractivity contribution in [2.24, 2.45) is 11.8 Å². The number of likely N-dealkylation sites (tertiary alicyclic amines) is 1. The van der Waals surface area contributed by atoms with E-state index in [0.29, 0.717) is 32.8 Å². The molecule has 152 valence electrons. The SMILES string of the molecule is Cc1cccc(C2CC(C(=O)N3CCOCC3)CN(C(=O)C3CCCC3)C2)c1. The lowest BCUT2D eigenvalue weighted by molar-refractivity contribution is -0.145. The first kappa shape index (κ1) is 19.4. The van der Waals surface area contributed by atoms with Crippen molar-refractivity contribution in [3.8, 4) is 0 Å². The number of nitrogens with zero attached hydrogens (tertiary/aromatic N) is 2. The van der Waals surface area contributed by atoms with Gasteiger partial charge in [0, 0.05) is 38.0 Å².